The van der Waals surface area contributed by atoms with Crippen LogP contribution in [0, 0.1) is 17.4 Å². The van der Waals surface area contributed by atoms with E-state index in [1.165, 1.54) is 9.13 Å². The van der Waals surface area contributed by atoms with Gasteiger partial charge in [0.05, 0.1) is 0 Å². The maximum Gasteiger partial charge on any atom is 0.123 e. The first-order valence-corrected chi connectivity index (χ1v) is 6.93. The summed E-state index contributed by atoms with van der Waals surface area (Å²) in [5.74, 6) is 0.381. The second-order valence-corrected chi connectivity index (χ2v) is 5.56. The van der Waals surface area contributed by atoms with E-state index in [4.69, 9.17) is 0 Å². The van der Waals surface area contributed by atoms with Gasteiger partial charge in [0, 0.05) is 21.4 Å². The Balaban J connectivity index is 2.11. The summed E-state index contributed by atoms with van der Waals surface area (Å²) in [7, 11) is 0. The Morgan fingerprint density at radius 2 is 1.89 bits per heavy atom. The van der Waals surface area contributed by atoms with Crippen molar-refractivity contribution >= 4 is 28.3 Å². The van der Waals surface area contributed by atoms with Gasteiger partial charge in [0.2, 0.25) is 0 Å². The third-order valence-corrected chi connectivity index (χ3v) is 4.14. The predicted octanol–water partition coefficient (Wildman–Crippen LogP) is 4.23. The number of hydrogen-bond acceptors (Lipinski definition) is 2. The molecule has 94 valence electrons. The highest BCUT2D eigenvalue weighted by atomic mass is 127. The number of anilines is 1. The minimum atomic E-state index is 0.381. The number of hydrogen-bond donors (Lipinski definition) is 2. The maximum absolute atomic E-state index is 9.93. The molecule has 3 heteroatoms. The number of benzene rings is 2. The van der Waals surface area contributed by atoms with Crippen LogP contribution < -0.4 is 5.32 Å². The molecular weight excluding hydrogens is 337 g/mol. The summed E-state index contributed by atoms with van der Waals surface area (Å²) in [6.45, 7) is 4.64. The van der Waals surface area contributed by atoms with E-state index >= 15 is 0 Å². The van der Waals surface area contributed by atoms with Crippen molar-refractivity contribution in [3.05, 3.63) is 56.7 Å². The van der Waals surface area contributed by atoms with Crippen LogP contribution >= 0.6 is 22.6 Å². The topological polar surface area (TPSA) is 32.3 Å². The molecule has 2 aromatic rings. The van der Waals surface area contributed by atoms with Crippen molar-refractivity contribution in [1.82, 2.24) is 0 Å². The van der Waals surface area contributed by atoms with Crippen LogP contribution in [0.2, 0.25) is 0 Å². The van der Waals surface area contributed by atoms with Gasteiger partial charge in [0.25, 0.3) is 0 Å². The van der Waals surface area contributed by atoms with Gasteiger partial charge in [-0.15, -0.1) is 0 Å². The third-order valence-electron chi connectivity index (χ3n) is 2.98. The van der Waals surface area contributed by atoms with Crippen molar-refractivity contribution in [2.75, 3.05) is 5.32 Å². The Labute approximate surface area is 121 Å². The van der Waals surface area contributed by atoms with Crippen molar-refractivity contribution in [3.63, 3.8) is 0 Å². The molecule has 0 bridgehead atoms. The molecule has 18 heavy (non-hydrogen) atoms. The van der Waals surface area contributed by atoms with Crippen molar-refractivity contribution < 1.29 is 5.11 Å². The van der Waals surface area contributed by atoms with Gasteiger partial charge in [0.1, 0.15) is 5.75 Å². The van der Waals surface area contributed by atoms with Crippen LogP contribution in [0.1, 0.15) is 16.7 Å². The zero-order chi connectivity index (χ0) is 13.1. The van der Waals surface area contributed by atoms with E-state index in [1.54, 1.807) is 0 Å². The number of nitrogens with one attached hydrogen (secondary N) is 1. The van der Waals surface area contributed by atoms with Crippen molar-refractivity contribution in [3.8, 4) is 5.75 Å². The zero-order valence-electron chi connectivity index (χ0n) is 10.5. The van der Waals surface area contributed by atoms with Gasteiger partial charge in [-0.05, 0) is 59.7 Å². The van der Waals surface area contributed by atoms with Crippen LogP contribution in [0.5, 0.6) is 5.75 Å². The molecule has 2 rings (SSSR count). The molecule has 2 N–H and O–H groups in total. The highest BCUT2D eigenvalue weighted by Gasteiger charge is 2.03. The van der Waals surface area contributed by atoms with Crippen molar-refractivity contribution in [1.29, 1.82) is 0 Å². The molecule has 0 atom stereocenters. The van der Waals surface area contributed by atoms with Crippen LogP contribution in [-0.4, -0.2) is 5.11 Å². The quantitative estimate of drug-likeness (QED) is 0.810. The van der Waals surface area contributed by atoms with E-state index in [-0.39, 0.29) is 0 Å². The Kier molecular flexibility index (Phi) is 4.11. The number of aromatic hydroxyl groups is 1. The molecule has 0 aliphatic carbocycles. The molecule has 0 unspecified atom stereocenters. The number of aryl methyl sites for hydroxylation is 2. The lowest BCUT2D eigenvalue weighted by Crippen LogP contribution is -2.00. The number of halogens is 1. The lowest BCUT2D eigenvalue weighted by atomic mass is 10.1. The molecule has 0 amide bonds. The number of para-hydroxylation sites is 1. The minimum absolute atomic E-state index is 0.381. The molecular formula is C15H16INO. The maximum atomic E-state index is 9.93. The monoisotopic (exact) mass is 353 g/mol. The summed E-state index contributed by atoms with van der Waals surface area (Å²) in [6, 6.07) is 12.1. The molecule has 2 aromatic carbocycles. The molecule has 0 radical (unpaired) electrons. The van der Waals surface area contributed by atoms with E-state index in [0.717, 1.165) is 16.8 Å². The summed E-state index contributed by atoms with van der Waals surface area (Å²) in [4.78, 5) is 0. The lowest BCUT2D eigenvalue weighted by molar-refractivity contribution is 0.465. The molecule has 0 aromatic heterocycles. The summed E-state index contributed by atoms with van der Waals surface area (Å²) in [5.41, 5.74) is 4.18. The van der Waals surface area contributed by atoms with Gasteiger partial charge in [-0.25, -0.2) is 0 Å². The summed E-state index contributed by atoms with van der Waals surface area (Å²) in [5, 5.41) is 13.3. The Morgan fingerprint density at radius 3 is 2.61 bits per heavy atom. The van der Waals surface area contributed by atoms with Crippen LogP contribution in [0.15, 0.2) is 36.4 Å². The summed E-state index contributed by atoms with van der Waals surface area (Å²) < 4.78 is 1.24. The average Bonchev–Trinajstić information content (AvgIpc) is 2.35. The van der Waals surface area contributed by atoms with Crippen LogP contribution in [0.3, 0.4) is 0 Å². The fourth-order valence-corrected chi connectivity index (χ4v) is 2.28. The Morgan fingerprint density at radius 1 is 1.11 bits per heavy atom. The van der Waals surface area contributed by atoms with Gasteiger partial charge >= 0.3 is 0 Å². The Bertz CT molecular complexity index is 566. The van der Waals surface area contributed by atoms with Crippen LogP contribution in [0.4, 0.5) is 5.69 Å². The number of phenolic OH excluding ortho intramolecular Hbond substituents is 1. The number of rotatable bonds is 3. The SMILES string of the molecule is Cc1ccc(NCc2cccc(C)c2O)cc1I. The van der Waals surface area contributed by atoms with E-state index in [9.17, 15) is 5.11 Å². The molecule has 2 nitrogen and oxygen atoms in total. The molecule has 0 fully saturated rings. The number of phenols is 1. The van der Waals surface area contributed by atoms with Crippen molar-refractivity contribution in [2.24, 2.45) is 0 Å². The van der Waals surface area contributed by atoms with Crippen LogP contribution in [0.25, 0.3) is 0 Å². The molecule has 0 heterocycles. The minimum Gasteiger partial charge on any atom is -0.507 e. The Hall–Kier alpha value is -1.23. The first kappa shape index (κ1) is 13.2. The average molecular weight is 353 g/mol. The standard InChI is InChI=1S/C15H16INO/c1-10-6-7-13(8-14(10)16)17-9-12-5-3-4-11(2)15(12)18/h3-8,17-18H,9H2,1-2H3. The highest BCUT2D eigenvalue weighted by Crippen LogP contribution is 2.23. The molecule has 0 saturated heterocycles. The van der Waals surface area contributed by atoms with E-state index in [0.29, 0.717) is 12.3 Å². The van der Waals surface area contributed by atoms with Gasteiger partial charge in [-0.2, -0.15) is 0 Å². The van der Waals surface area contributed by atoms with Crippen molar-refractivity contribution in [2.45, 2.75) is 20.4 Å². The predicted molar refractivity (Wildman–Crippen MR) is 84.1 cm³/mol. The third kappa shape index (κ3) is 2.96. The fourth-order valence-electron chi connectivity index (χ4n) is 1.76. The highest BCUT2D eigenvalue weighted by molar-refractivity contribution is 14.1. The molecule has 0 saturated carbocycles. The van der Waals surface area contributed by atoms with E-state index < -0.39 is 0 Å². The van der Waals surface area contributed by atoms with E-state index in [1.807, 2.05) is 25.1 Å². The van der Waals surface area contributed by atoms with Gasteiger partial charge in [-0.1, -0.05) is 24.3 Å². The van der Waals surface area contributed by atoms with Crippen LogP contribution in [-0.2, 0) is 6.54 Å². The smallest absolute Gasteiger partial charge is 0.123 e. The fraction of sp³-hybridized carbons (Fsp3) is 0.200. The van der Waals surface area contributed by atoms with Gasteiger partial charge < -0.3 is 10.4 Å². The molecule has 0 aliphatic heterocycles. The summed E-state index contributed by atoms with van der Waals surface area (Å²) in [6.07, 6.45) is 0. The second kappa shape index (κ2) is 5.61. The zero-order valence-corrected chi connectivity index (χ0v) is 12.7. The first-order chi connectivity index (χ1) is 8.58. The normalized spacial score (nSPS) is 10.4. The molecule has 0 aliphatic rings. The molecule has 0 spiro atoms. The largest absolute Gasteiger partial charge is 0.507 e. The second-order valence-electron chi connectivity index (χ2n) is 4.40. The van der Waals surface area contributed by atoms with E-state index in [2.05, 4.69) is 53.0 Å². The van der Waals surface area contributed by atoms with Gasteiger partial charge in [-0.3, -0.25) is 0 Å². The van der Waals surface area contributed by atoms with Gasteiger partial charge in [0.15, 0.2) is 0 Å². The lowest BCUT2D eigenvalue weighted by Gasteiger charge is -2.10. The first-order valence-electron chi connectivity index (χ1n) is 5.85. The summed E-state index contributed by atoms with van der Waals surface area (Å²) >= 11 is 2.33.